The van der Waals surface area contributed by atoms with Crippen molar-refractivity contribution in [1.82, 2.24) is 28.7 Å². The first-order valence-corrected chi connectivity index (χ1v) is 23.7. The van der Waals surface area contributed by atoms with Gasteiger partial charge in [-0.2, -0.15) is 15.2 Å². The van der Waals surface area contributed by atoms with Crippen molar-refractivity contribution < 1.29 is 8.42 Å². The molecule has 0 aliphatic carbocycles. The van der Waals surface area contributed by atoms with E-state index in [1.165, 1.54) is 24.3 Å². The summed E-state index contributed by atoms with van der Waals surface area (Å²) in [5.74, 6) is 1.60. The van der Waals surface area contributed by atoms with Crippen LogP contribution in [-0.2, 0) is 9.84 Å². The highest BCUT2D eigenvalue weighted by atomic mass is 32.2. The summed E-state index contributed by atoms with van der Waals surface area (Å²) in [5, 5.41) is 15.7. The summed E-state index contributed by atoms with van der Waals surface area (Å²) in [4.78, 5) is 15.7. The lowest BCUT2D eigenvalue weighted by Gasteiger charge is -2.12. The Hall–Kier alpha value is -9.17. The van der Waals surface area contributed by atoms with E-state index in [-0.39, 0.29) is 9.79 Å². The quantitative estimate of drug-likeness (QED) is 0.158. The molecule has 0 N–H and O–H groups in total. The normalized spacial score (nSPS) is 11.9. The first kappa shape index (κ1) is 39.2. The Morgan fingerprint density at radius 3 is 1.46 bits per heavy atom. The van der Waals surface area contributed by atoms with E-state index < -0.39 is 9.84 Å². The molecule has 0 unspecified atom stereocenters. The molecule has 0 spiro atoms. The fourth-order valence-electron chi connectivity index (χ4n) is 9.94. The number of benzene rings is 9. The fraction of sp³-hybridized carbons (Fsp3) is 0. The SMILES string of the molecule is N#Cc1ccc(S(=O)(=O)c2ccc(-n3c4ccc5c6ccccc6n(-c6ccccc6)c5c4c4ccc5c(c6ccccc6n5-c5nc(-c6ccccc6)nc(-c6ccccc6)n5)c43)cc2)cc1. The van der Waals surface area contributed by atoms with Gasteiger partial charge in [0.05, 0.1) is 54.5 Å². The van der Waals surface area contributed by atoms with Crippen LogP contribution in [0.2, 0.25) is 0 Å². The van der Waals surface area contributed by atoms with Crippen molar-refractivity contribution in [2.24, 2.45) is 0 Å². The van der Waals surface area contributed by atoms with Gasteiger partial charge in [0.1, 0.15) is 0 Å². The summed E-state index contributed by atoms with van der Waals surface area (Å²) < 4.78 is 34.8. The number of para-hydroxylation sites is 3. The maximum Gasteiger partial charge on any atom is 0.238 e. The number of nitriles is 1. The highest BCUT2D eigenvalue weighted by molar-refractivity contribution is 7.91. The van der Waals surface area contributed by atoms with Crippen molar-refractivity contribution in [3.05, 3.63) is 218 Å². The Balaban J connectivity index is 1.15. The summed E-state index contributed by atoms with van der Waals surface area (Å²) >= 11 is 0. The summed E-state index contributed by atoms with van der Waals surface area (Å²) in [6.45, 7) is 0. The molecular formula is C58H35N7O2S. The van der Waals surface area contributed by atoms with E-state index in [4.69, 9.17) is 15.0 Å². The Kier molecular flexibility index (Phi) is 8.77. The molecule has 4 heterocycles. The zero-order chi connectivity index (χ0) is 45.5. The van der Waals surface area contributed by atoms with Crippen LogP contribution in [0.3, 0.4) is 0 Å². The van der Waals surface area contributed by atoms with E-state index in [2.05, 4.69) is 111 Å². The first-order chi connectivity index (χ1) is 33.5. The minimum absolute atomic E-state index is 0.121. The molecule has 0 atom stereocenters. The van der Waals surface area contributed by atoms with E-state index in [0.29, 0.717) is 23.2 Å². The number of hydrogen-bond donors (Lipinski definition) is 0. The molecule has 13 aromatic rings. The second kappa shape index (κ2) is 15.2. The molecule has 4 aromatic heterocycles. The minimum Gasteiger partial charge on any atom is -0.309 e. The molecule has 68 heavy (non-hydrogen) atoms. The number of rotatable bonds is 7. The third-order valence-electron chi connectivity index (χ3n) is 13.0. The molecule has 0 fully saturated rings. The van der Waals surface area contributed by atoms with Crippen molar-refractivity contribution in [2.75, 3.05) is 0 Å². The second-order valence-corrected chi connectivity index (χ2v) is 18.7. The van der Waals surface area contributed by atoms with E-state index >= 15 is 0 Å². The van der Waals surface area contributed by atoms with E-state index in [9.17, 15) is 13.7 Å². The minimum atomic E-state index is -3.90. The standard InChI is InChI=1S/C58H35N7O2S/c59-36-37-24-28-42(29-25-37)68(66,67)43-30-26-41(27-31-43)64-50-34-32-45-44-20-10-12-22-48(44)63(40-18-8-3-9-19-40)54(45)53(50)47-33-35-51-52(55(47)64)46-21-11-13-23-49(46)65(51)58-61-56(38-14-4-1-5-15-38)60-57(62-58)39-16-6-2-7-17-39/h1-35H. The average molecular weight is 894 g/mol. The number of fused-ring (bicyclic) bond motifs is 11. The van der Waals surface area contributed by atoms with Gasteiger partial charge in [0.25, 0.3) is 0 Å². The Morgan fingerprint density at radius 2 is 0.838 bits per heavy atom. The lowest BCUT2D eigenvalue weighted by Crippen LogP contribution is -2.06. The average Bonchev–Trinajstić information content (AvgIpc) is 4.05. The monoisotopic (exact) mass is 893 g/mol. The van der Waals surface area contributed by atoms with Crippen molar-refractivity contribution in [1.29, 1.82) is 5.26 Å². The topological polar surface area (TPSA) is 111 Å². The van der Waals surface area contributed by atoms with Crippen LogP contribution < -0.4 is 0 Å². The third kappa shape index (κ3) is 5.93. The summed E-state index contributed by atoms with van der Waals surface area (Å²) in [7, 11) is -3.90. The maximum atomic E-state index is 14.0. The lowest BCUT2D eigenvalue weighted by atomic mass is 10.1. The van der Waals surface area contributed by atoms with Gasteiger partial charge in [-0.25, -0.2) is 13.4 Å². The van der Waals surface area contributed by atoms with Crippen LogP contribution in [0.15, 0.2) is 222 Å². The predicted octanol–water partition coefficient (Wildman–Crippen LogP) is 13.2. The summed E-state index contributed by atoms with van der Waals surface area (Å²) in [5.41, 5.74) is 9.85. The maximum absolute atomic E-state index is 14.0. The highest BCUT2D eigenvalue weighted by Gasteiger charge is 2.26. The van der Waals surface area contributed by atoms with Crippen LogP contribution in [0.25, 0.3) is 106 Å². The number of aromatic nitrogens is 6. The number of nitrogens with zero attached hydrogens (tertiary/aromatic N) is 7. The van der Waals surface area contributed by atoms with Crippen LogP contribution in [0.1, 0.15) is 5.56 Å². The van der Waals surface area contributed by atoms with Crippen LogP contribution in [0, 0.1) is 11.3 Å². The Morgan fingerprint density at radius 1 is 0.382 bits per heavy atom. The highest BCUT2D eigenvalue weighted by Crippen LogP contribution is 2.46. The van der Waals surface area contributed by atoms with Gasteiger partial charge in [-0.05, 0) is 91.0 Å². The molecule has 0 bridgehead atoms. The zero-order valence-corrected chi connectivity index (χ0v) is 36.9. The first-order valence-electron chi connectivity index (χ1n) is 22.2. The molecule has 0 radical (unpaired) electrons. The molecule has 0 aliphatic rings. The molecule has 13 rings (SSSR count). The van der Waals surface area contributed by atoms with Crippen molar-refractivity contribution in [3.63, 3.8) is 0 Å². The van der Waals surface area contributed by atoms with Gasteiger partial charge >= 0.3 is 0 Å². The lowest BCUT2D eigenvalue weighted by molar-refractivity contribution is 0.596. The van der Waals surface area contributed by atoms with Crippen molar-refractivity contribution >= 4 is 75.3 Å². The molecule has 0 amide bonds. The van der Waals surface area contributed by atoms with Gasteiger partial charge in [0, 0.05) is 54.8 Å². The number of sulfone groups is 1. The van der Waals surface area contributed by atoms with Gasteiger partial charge < -0.3 is 9.13 Å². The molecule has 0 saturated carbocycles. The van der Waals surface area contributed by atoms with Crippen LogP contribution >= 0.6 is 0 Å². The predicted molar refractivity (Wildman–Crippen MR) is 270 cm³/mol. The van der Waals surface area contributed by atoms with Crippen molar-refractivity contribution in [3.8, 4) is 46.2 Å². The molecule has 9 aromatic carbocycles. The molecular weight excluding hydrogens is 859 g/mol. The Bertz CT molecular complexity index is 4250. The van der Waals surface area contributed by atoms with Gasteiger partial charge in [-0.1, -0.05) is 121 Å². The van der Waals surface area contributed by atoms with Gasteiger partial charge in [0.2, 0.25) is 15.8 Å². The summed E-state index contributed by atoms with van der Waals surface area (Å²) in [6.07, 6.45) is 0. The van der Waals surface area contributed by atoms with E-state index in [1.54, 1.807) is 12.1 Å². The fourth-order valence-corrected chi connectivity index (χ4v) is 11.2. The smallest absolute Gasteiger partial charge is 0.238 e. The molecule has 0 aliphatic heterocycles. The number of hydrogen-bond acceptors (Lipinski definition) is 6. The zero-order valence-electron chi connectivity index (χ0n) is 36.1. The second-order valence-electron chi connectivity index (χ2n) is 16.7. The van der Waals surface area contributed by atoms with Crippen LogP contribution in [-0.4, -0.2) is 37.1 Å². The van der Waals surface area contributed by atoms with Crippen LogP contribution in [0.5, 0.6) is 0 Å². The largest absolute Gasteiger partial charge is 0.309 e. The molecule has 10 heteroatoms. The molecule has 9 nitrogen and oxygen atoms in total. The molecule has 0 saturated heterocycles. The van der Waals surface area contributed by atoms with Crippen molar-refractivity contribution in [2.45, 2.75) is 9.79 Å². The van der Waals surface area contributed by atoms with E-state index in [1.807, 2.05) is 84.9 Å². The van der Waals surface area contributed by atoms with Crippen LogP contribution in [0.4, 0.5) is 0 Å². The van der Waals surface area contributed by atoms with E-state index in [0.717, 1.165) is 87.9 Å². The summed E-state index contributed by atoms with van der Waals surface area (Å²) in [6, 6.07) is 71.3. The Labute approximate surface area is 389 Å². The van der Waals surface area contributed by atoms with Gasteiger partial charge in [0.15, 0.2) is 11.6 Å². The third-order valence-corrected chi connectivity index (χ3v) is 14.7. The molecule has 320 valence electrons. The van der Waals surface area contributed by atoms with Gasteiger partial charge in [-0.15, -0.1) is 0 Å². The van der Waals surface area contributed by atoms with Gasteiger partial charge in [-0.3, -0.25) is 4.57 Å².